The fourth-order valence-corrected chi connectivity index (χ4v) is 2.32. The van der Waals surface area contributed by atoms with Gasteiger partial charge in [-0.25, -0.2) is 0 Å². The molecule has 2 rings (SSSR count). The Bertz CT molecular complexity index is 539. The number of benzene rings is 1. The average molecular weight is 241 g/mol. The topological polar surface area (TPSA) is 22.0 Å². The third kappa shape index (κ3) is 2.70. The molecule has 0 spiro atoms. The number of aromatic nitrogens is 1. The Balaban J connectivity index is 2.08. The molecule has 0 atom stereocenters. The number of aldehydes is 1. The number of para-hydroxylation sites is 1. The van der Waals surface area contributed by atoms with E-state index in [0.717, 1.165) is 42.1 Å². The second-order valence-corrected chi connectivity index (χ2v) is 4.55. The summed E-state index contributed by atoms with van der Waals surface area (Å²) >= 11 is 0. The number of nitrogens with zero attached hydrogens (tertiary/aromatic N) is 1. The number of rotatable bonds is 7. The van der Waals surface area contributed by atoms with Crippen molar-refractivity contribution in [2.75, 3.05) is 0 Å². The zero-order valence-corrected chi connectivity index (χ0v) is 10.6. The van der Waals surface area contributed by atoms with Gasteiger partial charge in [0.05, 0.1) is 5.52 Å². The molecule has 0 unspecified atom stereocenters. The highest BCUT2D eigenvalue weighted by molar-refractivity contribution is 5.96. The highest BCUT2D eigenvalue weighted by Gasteiger charge is 2.05. The van der Waals surface area contributed by atoms with Crippen molar-refractivity contribution in [2.24, 2.45) is 0 Å². The Hall–Kier alpha value is -1.83. The zero-order valence-electron chi connectivity index (χ0n) is 10.6. The molecule has 0 N–H and O–H groups in total. The van der Waals surface area contributed by atoms with Gasteiger partial charge >= 0.3 is 0 Å². The number of carbonyl (C=O) groups excluding carboxylic acids is 1. The second kappa shape index (κ2) is 6.20. The lowest BCUT2D eigenvalue weighted by Crippen LogP contribution is -1.98. The molecule has 0 fully saturated rings. The number of carbonyl (C=O) groups is 1. The van der Waals surface area contributed by atoms with Gasteiger partial charge in [0, 0.05) is 23.7 Å². The standard InChI is InChI=1S/C16H19NO/c1-2-3-4-5-6-11-17-12-10-14-8-7-9-15(13-18)16(14)17/h2,7-10,12-13H,1,3-6,11H2. The number of unbranched alkanes of at least 4 members (excludes halogenated alkanes) is 3. The Labute approximate surface area is 108 Å². The van der Waals surface area contributed by atoms with E-state index >= 15 is 0 Å². The smallest absolute Gasteiger partial charge is 0.152 e. The molecule has 0 aliphatic carbocycles. The monoisotopic (exact) mass is 241 g/mol. The van der Waals surface area contributed by atoms with Crippen LogP contribution in [0.15, 0.2) is 43.1 Å². The molecular formula is C16H19NO. The summed E-state index contributed by atoms with van der Waals surface area (Å²) < 4.78 is 2.19. The van der Waals surface area contributed by atoms with Crippen LogP contribution in [0.25, 0.3) is 10.9 Å². The van der Waals surface area contributed by atoms with E-state index in [4.69, 9.17) is 0 Å². The minimum Gasteiger partial charge on any atom is -0.347 e. The molecule has 0 radical (unpaired) electrons. The van der Waals surface area contributed by atoms with Crippen LogP contribution in [0.3, 0.4) is 0 Å². The summed E-state index contributed by atoms with van der Waals surface area (Å²) in [6.45, 7) is 4.71. The minimum absolute atomic E-state index is 0.781. The van der Waals surface area contributed by atoms with E-state index in [1.165, 1.54) is 12.8 Å². The van der Waals surface area contributed by atoms with Gasteiger partial charge in [0.2, 0.25) is 0 Å². The molecule has 0 aliphatic heterocycles. The van der Waals surface area contributed by atoms with E-state index in [-0.39, 0.29) is 0 Å². The van der Waals surface area contributed by atoms with Crippen LogP contribution in [0.2, 0.25) is 0 Å². The van der Waals surface area contributed by atoms with Crippen molar-refractivity contribution in [3.8, 4) is 0 Å². The predicted molar refractivity (Wildman–Crippen MR) is 76.0 cm³/mol. The maximum Gasteiger partial charge on any atom is 0.152 e. The molecule has 0 aliphatic rings. The van der Waals surface area contributed by atoms with Crippen molar-refractivity contribution in [3.63, 3.8) is 0 Å². The lowest BCUT2D eigenvalue weighted by molar-refractivity contribution is 0.112. The molecule has 0 saturated heterocycles. The summed E-state index contributed by atoms with van der Waals surface area (Å²) in [6, 6.07) is 7.94. The van der Waals surface area contributed by atoms with Gasteiger partial charge in [-0.05, 0) is 31.4 Å². The van der Waals surface area contributed by atoms with Gasteiger partial charge in [-0.3, -0.25) is 4.79 Å². The molecule has 18 heavy (non-hydrogen) atoms. The molecule has 1 heterocycles. The van der Waals surface area contributed by atoms with Gasteiger partial charge in [0.1, 0.15) is 0 Å². The summed E-state index contributed by atoms with van der Waals surface area (Å²) in [7, 11) is 0. The number of hydrogen-bond acceptors (Lipinski definition) is 1. The summed E-state index contributed by atoms with van der Waals surface area (Å²) in [5, 5.41) is 1.14. The van der Waals surface area contributed by atoms with Crippen molar-refractivity contribution in [1.29, 1.82) is 0 Å². The lowest BCUT2D eigenvalue weighted by atomic mass is 10.1. The van der Waals surface area contributed by atoms with E-state index in [1.54, 1.807) is 0 Å². The van der Waals surface area contributed by atoms with Gasteiger partial charge < -0.3 is 4.57 Å². The van der Waals surface area contributed by atoms with Gasteiger partial charge in [-0.15, -0.1) is 6.58 Å². The molecule has 0 saturated carbocycles. The van der Waals surface area contributed by atoms with Gasteiger partial charge in [0.25, 0.3) is 0 Å². The van der Waals surface area contributed by atoms with Crippen LogP contribution in [0.5, 0.6) is 0 Å². The van der Waals surface area contributed by atoms with E-state index in [1.807, 2.05) is 18.2 Å². The molecule has 1 aromatic heterocycles. The van der Waals surface area contributed by atoms with Crippen LogP contribution < -0.4 is 0 Å². The van der Waals surface area contributed by atoms with Crippen molar-refractivity contribution < 1.29 is 4.79 Å². The van der Waals surface area contributed by atoms with Crippen molar-refractivity contribution >= 4 is 17.2 Å². The zero-order chi connectivity index (χ0) is 12.8. The number of allylic oxidation sites excluding steroid dienone is 1. The van der Waals surface area contributed by atoms with Crippen molar-refractivity contribution in [2.45, 2.75) is 32.2 Å². The van der Waals surface area contributed by atoms with E-state index in [0.29, 0.717) is 0 Å². The van der Waals surface area contributed by atoms with E-state index in [2.05, 4.69) is 29.5 Å². The molecule has 2 heteroatoms. The second-order valence-electron chi connectivity index (χ2n) is 4.55. The summed E-state index contributed by atoms with van der Waals surface area (Å²) in [5.74, 6) is 0. The number of fused-ring (bicyclic) bond motifs is 1. The maximum atomic E-state index is 11.1. The largest absolute Gasteiger partial charge is 0.347 e. The van der Waals surface area contributed by atoms with E-state index in [9.17, 15) is 4.79 Å². The average Bonchev–Trinajstić information content (AvgIpc) is 2.82. The summed E-state index contributed by atoms with van der Waals surface area (Å²) in [4.78, 5) is 11.1. The molecular weight excluding hydrogens is 222 g/mol. The van der Waals surface area contributed by atoms with Crippen LogP contribution in [-0.4, -0.2) is 10.9 Å². The number of hydrogen-bond donors (Lipinski definition) is 0. The Kier molecular flexibility index (Phi) is 4.35. The van der Waals surface area contributed by atoms with Gasteiger partial charge in [0.15, 0.2) is 6.29 Å². The first kappa shape index (κ1) is 12.6. The Morgan fingerprint density at radius 2 is 2.06 bits per heavy atom. The molecule has 1 aromatic carbocycles. The van der Waals surface area contributed by atoms with Crippen LogP contribution in [0.1, 0.15) is 36.0 Å². The molecule has 2 nitrogen and oxygen atoms in total. The first-order chi connectivity index (χ1) is 8.86. The normalized spacial score (nSPS) is 10.7. The quantitative estimate of drug-likeness (QED) is 0.404. The Morgan fingerprint density at radius 1 is 1.17 bits per heavy atom. The van der Waals surface area contributed by atoms with Crippen LogP contribution in [-0.2, 0) is 6.54 Å². The fraction of sp³-hybridized carbons (Fsp3) is 0.312. The minimum atomic E-state index is 0.781. The van der Waals surface area contributed by atoms with Crippen molar-refractivity contribution in [3.05, 3.63) is 48.7 Å². The van der Waals surface area contributed by atoms with Crippen LogP contribution >= 0.6 is 0 Å². The molecule has 94 valence electrons. The van der Waals surface area contributed by atoms with Crippen molar-refractivity contribution in [1.82, 2.24) is 4.57 Å². The lowest BCUT2D eigenvalue weighted by Gasteiger charge is -2.06. The third-order valence-corrected chi connectivity index (χ3v) is 3.25. The predicted octanol–water partition coefficient (Wildman–Crippen LogP) is 4.20. The van der Waals surface area contributed by atoms with Gasteiger partial charge in [-0.2, -0.15) is 0 Å². The first-order valence-electron chi connectivity index (χ1n) is 6.50. The third-order valence-electron chi connectivity index (χ3n) is 3.25. The van der Waals surface area contributed by atoms with Crippen LogP contribution in [0.4, 0.5) is 0 Å². The molecule has 0 bridgehead atoms. The number of aryl methyl sites for hydroxylation is 1. The Morgan fingerprint density at radius 3 is 2.83 bits per heavy atom. The van der Waals surface area contributed by atoms with Gasteiger partial charge in [-0.1, -0.05) is 24.6 Å². The maximum absolute atomic E-state index is 11.1. The molecule has 0 amide bonds. The van der Waals surface area contributed by atoms with E-state index < -0.39 is 0 Å². The summed E-state index contributed by atoms with van der Waals surface area (Å²) in [5.41, 5.74) is 1.85. The van der Waals surface area contributed by atoms with Crippen LogP contribution in [0, 0.1) is 0 Å². The molecule has 2 aromatic rings. The first-order valence-corrected chi connectivity index (χ1v) is 6.50. The highest BCUT2D eigenvalue weighted by Crippen LogP contribution is 2.20. The highest BCUT2D eigenvalue weighted by atomic mass is 16.1. The fourth-order valence-electron chi connectivity index (χ4n) is 2.32. The SMILES string of the molecule is C=CCCCCCn1ccc2cccc(C=O)c21. The summed E-state index contributed by atoms with van der Waals surface area (Å²) in [6.07, 6.45) is 9.62.